The summed E-state index contributed by atoms with van der Waals surface area (Å²) in [6.07, 6.45) is 3.35. The van der Waals surface area contributed by atoms with Gasteiger partial charge in [-0.25, -0.2) is 14.4 Å². The fourth-order valence-corrected chi connectivity index (χ4v) is 1.40. The molecule has 8 heteroatoms. The van der Waals surface area contributed by atoms with Crippen LogP contribution in [0.1, 0.15) is 5.82 Å². The van der Waals surface area contributed by atoms with E-state index in [0.29, 0.717) is 24.7 Å². The molecule has 7 nitrogen and oxygen atoms in total. The van der Waals surface area contributed by atoms with E-state index >= 15 is 0 Å². The van der Waals surface area contributed by atoms with Crippen LogP contribution in [0.2, 0.25) is 0 Å². The number of anilines is 2. The largest absolute Gasteiger partial charge is 0.367 e. The zero-order valence-electron chi connectivity index (χ0n) is 10.2. The van der Waals surface area contributed by atoms with E-state index in [1.807, 2.05) is 0 Å². The Morgan fingerprint density at radius 2 is 2.22 bits per heavy atom. The maximum atomic E-state index is 13.4. The standard InChI is InChI=1S/C10H14FN7/c1-12-10-14-5-7(11)9(16-10)13-4-3-8-15-6-18(2)17-8/h5-6H,3-4H2,1-2H3,(H2,12,13,14,16). The number of aryl methyl sites for hydroxylation is 1. The van der Waals surface area contributed by atoms with Crippen LogP contribution < -0.4 is 10.6 Å². The average molecular weight is 251 g/mol. The molecule has 0 saturated heterocycles. The van der Waals surface area contributed by atoms with Crippen molar-refractivity contribution in [2.24, 2.45) is 7.05 Å². The molecule has 0 spiro atoms. The molecule has 0 aliphatic rings. The maximum Gasteiger partial charge on any atom is 0.224 e. The third kappa shape index (κ3) is 2.90. The molecule has 2 rings (SSSR count). The SMILES string of the molecule is CNc1ncc(F)c(NCCc2ncn(C)n2)n1. The first-order chi connectivity index (χ1) is 8.69. The Hall–Kier alpha value is -2.25. The second kappa shape index (κ2) is 5.39. The van der Waals surface area contributed by atoms with E-state index in [0.717, 1.165) is 6.20 Å². The number of halogens is 1. The van der Waals surface area contributed by atoms with Gasteiger partial charge >= 0.3 is 0 Å². The van der Waals surface area contributed by atoms with E-state index in [2.05, 4.69) is 30.7 Å². The maximum absolute atomic E-state index is 13.4. The summed E-state index contributed by atoms with van der Waals surface area (Å²) in [6, 6.07) is 0. The number of nitrogens with one attached hydrogen (secondary N) is 2. The molecule has 0 atom stereocenters. The number of hydrogen-bond acceptors (Lipinski definition) is 6. The minimum Gasteiger partial charge on any atom is -0.367 e. The van der Waals surface area contributed by atoms with Gasteiger partial charge in [0.05, 0.1) is 6.20 Å². The van der Waals surface area contributed by atoms with Crippen LogP contribution in [0.25, 0.3) is 0 Å². The highest BCUT2D eigenvalue weighted by molar-refractivity contribution is 5.40. The molecule has 0 aliphatic heterocycles. The molecule has 0 radical (unpaired) electrons. The minimum atomic E-state index is -0.483. The van der Waals surface area contributed by atoms with E-state index < -0.39 is 5.82 Å². The van der Waals surface area contributed by atoms with Gasteiger partial charge in [-0.3, -0.25) is 4.68 Å². The van der Waals surface area contributed by atoms with Crippen LogP contribution >= 0.6 is 0 Å². The first-order valence-electron chi connectivity index (χ1n) is 5.47. The van der Waals surface area contributed by atoms with E-state index in [1.54, 1.807) is 25.1 Å². The van der Waals surface area contributed by atoms with Crippen LogP contribution in [-0.2, 0) is 13.5 Å². The molecule has 2 aromatic heterocycles. The predicted octanol–water partition coefficient (Wildman–Crippen LogP) is 0.440. The zero-order valence-corrected chi connectivity index (χ0v) is 10.2. The highest BCUT2D eigenvalue weighted by Crippen LogP contribution is 2.11. The number of aromatic nitrogens is 5. The van der Waals surface area contributed by atoms with Gasteiger partial charge in [-0.15, -0.1) is 0 Å². The van der Waals surface area contributed by atoms with Crippen molar-refractivity contribution in [1.82, 2.24) is 24.7 Å². The van der Waals surface area contributed by atoms with Crippen LogP contribution in [0.4, 0.5) is 16.2 Å². The molecule has 0 unspecified atom stereocenters. The Balaban J connectivity index is 1.93. The van der Waals surface area contributed by atoms with Gasteiger partial charge in [0.15, 0.2) is 17.5 Å². The lowest BCUT2D eigenvalue weighted by atomic mass is 10.4. The van der Waals surface area contributed by atoms with Crippen LogP contribution in [0, 0.1) is 5.82 Å². The van der Waals surface area contributed by atoms with Gasteiger partial charge in [0, 0.05) is 27.1 Å². The summed E-state index contributed by atoms with van der Waals surface area (Å²) in [7, 11) is 3.47. The summed E-state index contributed by atoms with van der Waals surface area (Å²) in [5.41, 5.74) is 0. The van der Waals surface area contributed by atoms with Gasteiger partial charge < -0.3 is 10.6 Å². The number of hydrogen-bond donors (Lipinski definition) is 2. The van der Waals surface area contributed by atoms with Crippen molar-refractivity contribution in [3.63, 3.8) is 0 Å². The molecule has 0 amide bonds. The Morgan fingerprint density at radius 1 is 1.39 bits per heavy atom. The third-order valence-electron chi connectivity index (χ3n) is 2.26. The molecular weight excluding hydrogens is 237 g/mol. The Labute approximate surface area is 103 Å². The van der Waals surface area contributed by atoms with E-state index in [1.165, 1.54) is 0 Å². The van der Waals surface area contributed by atoms with Crippen molar-refractivity contribution >= 4 is 11.8 Å². The second-order valence-electron chi connectivity index (χ2n) is 3.65. The van der Waals surface area contributed by atoms with Crippen molar-refractivity contribution < 1.29 is 4.39 Å². The molecule has 0 bridgehead atoms. The van der Waals surface area contributed by atoms with Gasteiger partial charge in [0.25, 0.3) is 0 Å². The molecule has 2 aromatic rings. The first-order valence-corrected chi connectivity index (χ1v) is 5.47. The van der Waals surface area contributed by atoms with Crippen LogP contribution in [0.15, 0.2) is 12.5 Å². The van der Waals surface area contributed by atoms with Crippen LogP contribution in [0.3, 0.4) is 0 Å². The molecular formula is C10H14FN7. The minimum absolute atomic E-state index is 0.172. The van der Waals surface area contributed by atoms with Gasteiger partial charge in [-0.05, 0) is 0 Å². The summed E-state index contributed by atoms with van der Waals surface area (Å²) < 4.78 is 15.0. The fraction of sp³-hybridized carbons (Fsp3) is 0.400. The van der Waals surface area contributed by atoms with E-state index in [9.17, 15) is 4.39 Å². The first kappa shape index (κ1) is 12.2. The lowest BCUT2D eigenvalue weighted by Gasteiger charge is -2.06. The molecule has 2 N–H and O–H groups in total. The van der Waals surface area contributed by atoms with Crippen molar-refractivity contribution in [2.45, 2.75) is 6.42 Å². The summed E-state index contributed by atoms with van der Waals surface area (Å²) >= 11 is 0. The monoisotopic (exact) mass is 251 g/mol. The summed E-state index contributed by atoms with van der Waals surface area (Å²) in [6.45, 7) is 0.501. The van der Waals surface area contributed by atoms with Gasteiger partial charge in [-0.1, -0.05) is 0 Å². The fourth-order valence-electron chi connectivity index (χ4n) is 1.40. The average Bonchev–Trinajstić information content (AvgIpc) is 2.77. The van der Waals surface area contributed by atoms with Gasteiger partial charge in [-0.2, -0.15) is 10.1 Å². The second-order valence-corrected chi connectivity index (χ2v) is 3.65. The van der Waals surface area contributed by atoms with E-state index in [4.69, 9.17) is 0 Å². The molecule has 18 heavy (non-hydrogen) atoms. The summed E-state index contributed by atoms with van der Waals surface area (Å²) in [4.78, 5) is 11.8. The number of rotatable bonds is 5. The van der Waals surface area contributed by atoms with Crippen molar-refractivity contribution in [1.29, 1.82) is 0 Å². The molecule has 0 aromatic carbocycles. The van der Waals surface area contributed by atoms with Crippen LogP contribution in [-0.4, -0.2) is 38.3 Å². The Kier molecular flexibility index (Phi) is 3.66. The van der Waals surface area contributed by atoms with Crippen molar-refractivity contribution in [2.75, 3.05) is 24.2 Å². The molecule has 0 saturated carbocycles. The lowest BCUT2D eigenvalue weighted by molar-refractivity contribution is 0.617. The summed E-state index contributed by atoms with van der Waals surface area (Å²) in [5, 5.41) is 9.76. The van der Waals surface area contributed by atoms with Crippen molar-refractivity contribution in [3.8, 4) is 0 Å². The van der Waals surface area contributed by atoms with E-state index in [-0.39, 0.29) is 5.82 Å². The lowest BCUT2D eigenvalue weighted by Crippen LogP contribution is -2.10. The zero-order chi connectivity index (χ0) is 13.0. The highest BCUT2D eigenvalue weighted by Gasteiger charge is 2.06. The Morgan fingerprint density at radius 3 is 2.89 bits per heavy atom. The number of nitrogens with zero attached hydrogens (tertiary/aromatic N) is 5. The molecule has 96 valence electrons. The van der Waals surface area contributed by atoms with Gasteiger partial charge in [0.2, 0.25) is 5.95 Å². The summed E-state index contributed by atoms with van der Waals surface area (Å²) in [5.74, 6) is 0.761. The highest BCUT2D eigenvalue weighted by atomic mass is 19.1. The normalized spacial score (nSPS) is 10.4. The smallest absolute Gasteiger partial charge is 0.224 e. The third-order valence-corrected chi connectivity index (χ3v) is 2.26. The molecule has 2 heterocycles. The molecule has 0 aliphatic carbocycles. The quantitative estimate of drug-likeness (QED) is 0.802. The Bertz CT molecular complexity index is 525. The van der Waals surface area contributed by atoms with Crippen molar-refractivity contribution in [3.05, 3.63) is 24.2 Å². The molecule has 0 fully saturated rings. The predicted molar refractivity (Wildman–Crippen MR) is 64.7 cm³/mol. The van der Waals surface area contributed by atoms with Crippen LogP contribution in [0.5, 0.6) is 0 Å². The topological polar surface area (TPSA) is 80.5 Å². The van der Waals surface area contributed by atoms with Gasteiger partial charge in [0.1, 0.15) is 6.33 Å².